The lowest BCUT2D eigenvalue weighted by atomic mass is 10.1. The molecule has 1 aromatic heterocycles. The van der Waals surface area contributed by atoms with Gasteiger partial charge in [-0.05, 0) is 18.2 Å². The second-order valence-electron chi connectivity index (χ2n) is 3.93. The summed E-state index contributed by atoms with van der Waals surface area (Å²) in [6, 6.07) is 3.04. The molecule has 0 saturated heterocycles. The smallest absolute Gasteiger partial charge is 0.366 e. The molecule has 0 unspecified atom stereocenters. The Morgan fingerprint density at radius 2 is 2.05 bits per heavy atom. The molecular formula is C12H8F3N3O2. The van der Waals surface area contributed by atoms with Gasteiger partial charge in [0.15, 0.2) is 0 Å². The topological polar surface area (TPSA) is 78.0 Å². The minimum atomic E-state index is -4.66. The molecule has 20 heavy (non-hydrogen) atoms. The van der Waals surface area contributed by atoms with Crippen molar-refractivity contribution in [2.24, 2.45) is 5.73 Å². The van der Waals surface area contributed by atoms with Gasteiger partial charge in [-0.3, -0.25) is 9.59 Å². The van der Waals surface area contributed by atoms with E-state index in [4.69, 9.17) is 5.73 Å². The van der Waals surface area contributed by atoms with Crippen molar-refractivity contribution in [1.29, 1.82) is 0 Å². The largest absolute Gasteiger partial charge is 0.418 e. The van der Waals surface area contributed by atoms with Crippen molar-refractivity contribution in [3.05, 3.63) is 47.3 Å². The van der Waals surface area contributed by atoms with E-state index in [1.807, 2.05) is 0 Å². The van der Waals surface area contributed by atoms with Gasteiger partial charge in [0.25, 0.3) is 5.91 Å². The molecule has 0 aliphatic heterocycles. The molecule has 0 radical (unpaired) electrons. The molecule has 1 amide bonds. The average Bonchev–Trinajstić information content (AvgIpc) is 2.86. The quantitative estimate of drug-likeness (QED) is 0.872. The number of alkyl halides is 3. The van der Waals surface area contributed by atoms with E-state index in [-0.39, 0.29) is 16.8 Å². The number of nitrogens with zero attached hydrogens (tertiary/aromatic N) is 2. The first-order valence-corrected chi connectivity index (χ1v) is 5.34. The Bertz CT molecular complexity index is 677. The third kappa shape index (κ3) is 2.53. The standard InChI is InChI=1S/C12H8F3N3O2/c13-12(14,15)9-3-7(6-19)1-2-10(9)18-5-8(4-17-18)11(16)20/h1-6H,(H2,16,20). The maximum absolute atomic E-state index is 13.0. The first-order chi connectivity index (χ1) is 9.32. The summed E-state index contributed by atoms with van der Waals surface area (Å²) in [5.74, 6) is -0.797. The summed E-state index contributed by atoms with van der Waals surface area (Å²) in [4.78, 5) is 21.5. The normalized spacial score (nSPS) is 11.3. The molecule has 8 heteroatoms. The number of benzene rings is 1. The molecule has 1 heterocycles. The fraction of sp³-hybridized carbons (Fsp3) is 0.0833. The predicted molar refractivity (Wildman–Crippen MR) is 62.5 cm³/mol. The summed E-state index contributed by atoms with van der Waals surface area (Å²) < 4.78 is 39.8. The van der Waals surface area contributed by atoms with E-state index in [1.54, 1.807) is 0 Å². The second-order valence-corrected chi connectivity index (χ2v) is 3.93. The summed E-state index contributed by atoms with van der Waals surface area (Å²) in [5.41, 5.74) is 3.57. The molecule has 0 spiro atoms. The van der Waals surface area contributed by atoms with E-state index in [9.17, 15) is 22.8 Å². The number of hydrogen-bond acceptors (Lipinski definition) is 3. The summed E-state index contributed by atoms with van der Waals surface area (Å²) >= 11 is 0. The van der Waals surface area contributed by atoms with E-state index >= 15 is 0 Å². The lowest BCUT2D eigenvalue weighted by Crippen LogP contribution is -2.12. The van der Waals surface area contributed by atoms with E-state index < -0.39 is 17.6 Å². The third-order valence-corrected chi connectivity index (χ3v) is 2.58. The summed E-state index contributed by atoms with van der Waals surface area (Å²) in [7, 11) is 0. The first-order valence-electron chi connectivity index (χ1n) is 5.34. The number of primary amides is 1. The molecule has 2 aromatic rings. The van der Waals surface area contributed by atoms with Crippen LogP contribution in [0.4, 0.5) is 13.2 Å². The lowest BCUT2D eigenvalue weighted by molar-refractivity contribution is -0.137. The number of halogens is 3. The van der Waals surface area contributed by atoms with Crippen LogP contribution < -0.4 is 5.73 Å². The molecule has 2 rings (SSSR count). The van der Waals surface area contributed by atoms with Crippen LogP contribution in [-0.4, -0.2) is 22.0 Å². The molecule has 0 bridgehead atoms. The van der Waals surface area contributed by atoms with Gasteiger partial charge in [-0.15, -0.1) is 0 Å². The Hall–Kier alpha value is -2.64. The summed E-state index contributed by atoms with van der Waals surface area (Å²) in [5, 5.41) is 3.66. The molecule has 2 N–H and O–H groups in total. The maximum atomic E-state index is 13.0. The Balaban J connectivity index is 2.60. The fourth-order valence-electron chi connectivity index (χ4n) is 1.64. The molecule has 5 nitrogen and oxygen atoms in total. The highest BCUT2D eigenvalue weighted by atomic mass is 19.4. The molecule has 0 aliphatic rings. The van der Waals surface area contributed by atoms with Gasteiger partial charge < -0.3 is 5.73 Å². The van der Waals surface area contributed by atoms with Crippen molar-refractivity contribution in [3.63, 3.8) is 0 Å². The zero-order valence-corrected chi connectivity index (χ0v) is 9.89. The molecule has 0 saturated carbocycles. The van der Waals surface area contributed by atoms with Crippen molar-refractivity contribution in [1.82, 2.24) is 9.78 Å². The maximum Gasteiger partial charge on any atom is 0.418 e. The number of amides is 1. The lowest BCUT2D eigenvalue weighted by Gasteiger charge is -2.13. The average molecular weight is 283 g/mol. The van der Waals surface area contributed by atoms with Gasteiger partial charge in [0.2, 0.25) is 0 Å². The minimum Gasteiger partial charge on any atom is -0.366 e. The van der Waals surface area contributed by atoms with Gasteiger partial charge in [-0.25, -0.2) is 4.68 Å². The number of rotatable bonds is 3. The van der Waals surface area contributed by atoms with Crippen molar-refractivity contribution in [2.45, 2.75) is 6.18 Å². The highest BCUT2D eigenvalue weighted by Crippen LogP contribution is 2.34. The van der Waals surface area contributed by atoms with Crippen molar-refractivity contribution in [3.8, 4) is 5.69 Å². The number of carbonyl (C=O) groups is 2. The molecule has 0 atom stereocenters. The van der Waals surface area contributed by atoms with Gasteiger partial charge in [0, 0.05) is 11.8 Å². The van der Waals surface area contributed by atoms with E-state index in [0.717, 1.165) is 23.1 Å². The van der Waals surface area contributed by atoms with Crippen LogP contribution in [0.3, 0.4) is 0 Å². The van der Waals surface area contributed by atoms with Gasteiger partial charge in [0.05, 0.1) is 23.0 Å². The predicted octanol–water partition coefficient (Wildman–Crippen LogP) is 1.80. The van der Waals surface area contributed by atoms with Gasteiger partial charge in [-0.2, -0.15) is 18.3 Å². The zero-order valence-electron chi connectivity index (χ0n) is 9.89. The van der Waals surface area contributed by atoms with Crippen LogP contribution >= 0.6 is 0 Å². The van der Waals surface area contributed by atoms with Gasteiger partial charge >= 0.3 is 6.18 Å². The number of nitrogens with two attached hydrogens (primary N) is 1. The fourth-order valence-corrected chi connectivity index (χ4v) is 1.64. The van der Waals surface area contributed by atoms with Crippen molar-refractivity contribution in [2.75, 3.05) is 0 Å². The Kier molecular flexibility index (Phi) is 3.31. The zero-order chi connectivity index (χ0) is 14.9. The number of carbonyl (C=O) groups excluding carboxylic acids is 2. The third-order valence-electron chi connectivity index (χ3n) is 2.58. The Morgan fingerprint density at radius 1 is 1.35 bits per heavy atom. The first kappa shape index (κ1) is 13.8. The highest BCUT2D eigenvalue weighted by Gasteiger charge is 2.34. The minimum absolute atomic E-state index is 0.0161. The SMILES string of the molecule is NC(=O)c1cnn(-c2ccc(C=O)cc2C(F)(F)F)c1. The van der Waals surface area contributed by atoms with E-state index in [2.05, 4.69) is 5.10 Å². The van der Waals surface area contributed by atoms with Crippen molar-refractivity contribution >= 4 is 12.2 Å². The van der Waals surface area contributed by atoms with E-state index in [0.29, 0.717) is 12.4 Å². The van der Waals surface area contributed by atoms with Crippen LogP contribution in [0.1, 0.15) is 26.3 Å². The van der Waals surface area contributed by atoms with Crippen LogP contribution in [0, 0.1) is 0 Å². The Morgan fingerprint density at radius 3 is 2.55 bits per heavy atom. The number of aromatic nitrogens is 2. The van der Waals surface area contributed by atoms with Gasteiger partial charge in [0.1, 0.15) is 6.29 Å². The van der Waals surface area contributed by atoms with Crippen LogP contribution in [0.2, 0.25) is 0 Å². The van der Waals surface area contributed by atoms with E-state index in [1.165, 1.54) is 6.07 Å². The summed E-state index contributed by atoms with van der Waals surface area (Å²) in [6.45, 7) is 0. The molecular weight excluding hydrogens is 275 g/mol. The number of hydrogen-bond donors (Lipinski definition) is 1. The second kappa shape index (κ2) is 4.80. The Labute approximate surface area is 110 Å². The molecule has 0 fully saturated rings. The molecule has 104 valence electrons. The highest BCUT2D eigenvalue weighted by molar-refractivity contribution is 5.92. The number of aldehydes is 1. The molecule has 1 aromatic carbocycles. The van der Waals surface area contributed by atoms with Gasteiger partial charge in [-0.1, -0.05) is 0 Å². The van der Waals surface area contributed by atoms with Crippen LogP contribution in [0.15, 0.2) is 30.6 Å². The van der Waals surface area contributed by atoms with Crippen LogP contribution in [-0.2, 0) is 6.18 Å². The van der Waals surface area contributed by atoms with Crippen LogP contribution in [0.25, 0.3) is 5.69 Å². The van der Waals surface area contributed by atoms with Crippen molar-refractivity contribution < 1.29 is 22.8 Å². The monoisotopic (exact) mass is 283 g/mol. The molecule has 0 aliphatic carbocycles. The summed E-state index contributed by atoms with van der Waals surface area (Å²) in [6.07, 6.45) is -2.19. The van der Waals surface area contributed by atoms with Crippen LogP contribution in [0.5, 0.6) is 0 Å².